The summed E-state index contributed by atoms with van der Waals surface area (Å²) in [5.74, 6) is 1.57. The fourth-order valence-corrected chi connectivity index (χ4v) is 1.68. The molecule has 108 valence electrons. The summed E-state index contributed by atoms with van der Waals surface area (Å²) in [6.45, 7) is 6.20. The number of halogens is 1. The molecule has 0 unspecified atom stereocenters. The molecule has 0 saturated carbocycles. The average Bonchev–Trinajstić information content (AvgIpc) is 2.86. The SMILES string of the molecule is CC(C)CNCc1cc(COc2ccc(F)cc2)on1. The van der Waals surface area contributed by atoms with Gasteiger partial charge in [-0.05, 0) is 36.7 Å². The van der Waals surface area contributed by atoms with Crippen LogP contribution in [0.25, 0.3) is 0 Å². The zero-order chi connectivity index (χ0) is 14.4. The highest BCUT2D eigenvalue weighted by Gasteiger charge is 2.05. The van der Waals surface area contributed by atoms with Crippen molar-refractivity contribution in [2.45, 2.75) is 27.0 Å². The number of hydrogen-bond acceptors (Lipinski definition) is 4. The van der Waals surface area contributed by atoms with Crippen LogP contribution in [0.5, 0.6) is 5.75 Å². The Bertz CT molecular complexity index is 523. The predicted molar refractivity (Wildman–Crippen MR) is 73.8 cm³/mol. The zero-order valence-corrected chi connectivity index (χ0v) is 11.7. The molecule has 20 heavy (non-hydrogen) atoms. The lowest BCUT2D eigenvalue weighted by Gasteiger charge is -2.04. The third kappa shape index (κ3) is 4.66. The molecule has 4 nitrogen and oxygen atoms in total. The summed E-state index contributed by atoms with van der Waals surface area (Å²) in [6, 6.07) is 7.73. The highest BCUT2D eigenvalue weighted by molar-refractivity contribution is 5.22. The first-order chi connectivity index (χ1) is 9.63. The Labute approximate surface area is 117 Å². The summed E-state index contributed by atoms with van der Waals surface area (Å²) in [6.07, 6.45) is 0. The van der Waals surface area contributed by atoms with Crippen LogP contribution in [0.15, 0.2) is 34.9 Å². The maximum atomic E-state index is 12.7. The van der Waals surface area contributed by atoms with Gasteiger partial charge in [0.15, 0.2) is 5.76 Å². The number of ether oxygens (including phenoxy) is 1. The minimum Gasteiger partial charge on any atom is -0.486 e. The van der Waals surface area contributed by atoms with E-state index in [0.717, 1.165) is 12.2 Å². The van der Waals surface area contributed by atoms with Crippen LogP contribution in [0.2, 0.25) is 0 Å². The molecular formula is C15H19FN2O2. The first-order valence-electron chi connectivity index (χ1n) is 6.67. The van der Waals surface area contributed by atoms with E-state index in [2.05, 4.69) is 24.3 Å². The Balaban J connectivity index is 1.79. The van der Waals surface area contributed by atoms with Crippen LogP contribution < -0.4 is 10.1 Å². The Morgan fingerprint density at radius 3 is 2.75 bits per heavy atom. The molecular weight excluding hydrogens is 259 g/mol. The number of aromatic nitrogens is 1. The normalized spacial score (nSPS) is 11.0. The van der Waals surface area contributed by atoms with Crippen molar-refractivity contribution in [3.8, 4) is 5.75 Å². The van der Waals surface area contributed by atoms with Crippen molar-refractivity contribution >= 4 is 0 Å². The van der Waals surface area contributed by atoms with Crippen LogP contribution >= 0.6 is 0 Å². The van der Waals surface area contributed by atoms with Crippen molar-refractivity contribution in [2.75, 3.05) is 6.54 Å². The summed E-state index contributed by atoms with van der Waals surface area (Å²) in [5, 5.41) is 7.25. The van der Waals surface area contributed by atoms with Crippen LogP contribution in [0, 0.1) is 11.7 Å². The lowest BCUT2D eigenvalue weighted by molar-refractivity contribution is 0.248. The molecule has 2 rings (SSSR count). The van der Waals surface area contributed by atoms with Crippen LogP contribution in [0.4, 0.5) is 4.39 Å². The molecule has 0 fully saturated rings. The molecule has 0 radical (unpaired) electrons. The lowest BCUT2D eigenvalue weighted by atomic mass is 10.2. The van der Waals surface area contributed by atoms with Crippen LogP contribution in [0.3, 0.4) is 0 Å². The average molecular weight is 278 g/mol. The monoisotopic (exact) mass is 278 g/mol. The largest absolute Gasteiger partial charge is 0.486 e. The molecule has 1 heterocycles. The van der Waals surface area contributed by atoms with Gasteiger partial charge < -0.3 is 14.6 Å². The van der Waals surface area contributed by atoms with Gasteiger partial charge >= 0.3 is 0 Å². The number of nitrogens with zero attached hydrogens (tertiary/aromatic N) is 1. The quantitative estimate of drug-likeness (QED) is 0.845. The fourth-order valence-electron chi connectivity index (χ4n) is 1.68. The third-order valence-corrected chi connectivity index (χ3v) is 2.66. The van der Waals surface area contributed by atoms with Gasteiger partial charge in [-0.3, -0.25) is 0 Å². The van der Waals surface area contributed by atoms with Gasteiger partial charge in [0.1, 0.15) is 18.2 Å². The molecule has 1 N–H and O–H groups in total. The highest BCUT2D eigenvalue weighted by Crippen LogP contribution is 2.14. The molecule has 1 aromatic carbocycles. The molecule has 0 bridgehead atoms. The summed E-state index contributed by atoms with van der Waals surface area (Å²) < 4.78 is 23.4. The second kappa shape index (κ2) is 7.05. The smallest absolute Gasteiger partial charge is 0.174 e. The number of nitrogens with one attached hydrogen (secondary N) is 1. The van der Waals surface area contributed by atoms with Crippen LogP contribution in [0.1, 0.15) is 25.3 Å². The van der Waals surface area contributed by atoms with E-state index < -0.39 is 0 Å². The minimum absolute atomic E-state index is 0.281. The van der Waals surface area contributed by atoms with E-state index in [9.17, 15) is 4.39 Å². The Morgan fingerprint density at radius 2 is 2.05 bits per heavy atom. The molecule has 0 aliphatic heterocycles. The van der Waals surface area contributed by atoms with Gasteiger partial charge in [0.25, 0.3) is 0 Å². The van der Waals surface area contributed by atoms with Gasteiger partial charge in [0, 0.05) is 12.6 Å². The van der Waals surface area contributed by atoms with E-state index in [-0.39, 0.29) is 12.4 Å². The lowest BCUT2D eigenvalue weighted by Crippen LogP contribution is -2.19. The van der Waals surface area contributed by atoms with Crippen LogP contribution in [-0.2, 0) is 13.2 Å². The van der Waals surface area contributed by atoms with E-state index in [1.807, 2.05) is 6.07 Å². The second-order valence-electron chi connectivity index (χ2n) is 5.05. The van der Waals surface area contributed by atoms with Crippen molar-refractivity contribution in [3.05, 3.63) is 47.6 Å². The van der Waals surface area contributed by atoms with E-state index in [0.29, 0.717) is 24.0 Å². The number of benzene rings is 1. The number of rotatable bonds is 7. The molecule has 0 aliphatic rings. The highest BCUT2D eigenvalue weighted by atomic mass is 19.1. The summed E-state index contributed by atoms with van der Waals surface area (Å²) in [5.41, 5.74) is 0.850. The third-order valence-electron chi connectivity index (χ3n) is 2.66. The Morgan fingerprint density at radius 1 is 1.30 bits per heavy atom. The molecule has 5 heteroatoms. The standard InChI is InChI=1S/C15H19FN2O2/c1-11(2)8-17-9-13-7-15(20-18-13)10-19-14-5-3-12(16)4-6-14/h3-7,11,17H,8-10H2,1-2H3. The fraction of sp³-hybridized carbons (Fsp3) is 0.400. The summed E-state index contributed by atoms with van der Waals surface area (Å²) in [7, 11) is 0. The van der Waals surface area contributed by atoms with Crippen molar-refractivity contribution in [1.29, 1.82) is 0 Å². The Kier molecular flexibility index (Phi) is 5.12. The van der Waals surface area contributed by atoms with Crippen molar-refractivity contribution < 1.29 is 13.7 Å². The maximum absolute atomic E-state index is 12.7. The van der Waals surface area contributed by atoms with E-state index in [1.165, 1.54) is 12.1 Å². The molecule has 0 aliphatic carbocycles. The molecule has 2 aromatic rings. The summed E-state index contributed by atoms with van der Waals surface area (Å²) >= 11 is 0. The zero-order valence-electron chi connectivity index (χ0n) is 11.7. The van der Waals surface area contributed by atoms with Gasteiger partial charge in [0.05, 0.1) is 5.69 Å². The topological polar surface area (TPSA) is 47.3 Å². The van der Waals surface area contributed by atoms with E-state index >= 15 is 0 Å². The molecule has 0 spiro atoms. The number of hydrogen-bond donors (Lipinski definition) is 1. The van der Waals surface area contributed by atoms with Gasteiger partial charge in [-0.25, -0.2) is 4.39 Å². The second-order valence-corrected chi connectivity index (χ2v) is 5.05. The van der Waals surface area contributed by atoms with Crippen molar-refractivity contribution in [3.63, 3.8) is 0 Å². The Hall–Kier alpha value is -1.88. The van der Waals surface area contributed by atoms with Crippen molar-refractivity contribution in [1.82, 2.24) is 10.5 Å². The minimum atomic E-state index is -0.282. The first-order valence-corrected chi connectivity index (χ1v) is 6.67. The molecule has 0 atom stereocenters. The molecule has 0 saturated heterocycles. The van der Waals surface area contributed by atoms with Gasteiger partial charge in [0.2, 0.25) is 0 Å². The van der Waals surface area contributed by atoms with E-state index in [4.69, 9.17) is 9.26 Å². The maximum Gasteiger partial charge on any atom is 0.174 e. The van der Waals surface area contributed by atoms with Crippen molar-refractivity contribution in [2.24, 2.45) is 5.92 Å². The van der Waals surface area contributed by atoms with E-state index in [1.54, 1.807) is 12.1 Å². The van der Waals surface area contributed by atoms with Gasteiger partial charge in [-0.1, -0.05) is 19.0 Å². The van der Waals surface area contributed by atoms with Gasteiger partial charge in [-0.2, -0.15) is 0 Å². The summed E-state index contributed by atoms with van der Waals surface area (Å²) in [4.78, 5) is 0. The van der Waals surface area contributed by atoms with Gasteiger partial charge in [-0.15, -0.1) is 0 Å². The molecule has 1 aromatic heterocycles. The molecule has 0 amide bonds. The predicted octanol–water partition coefficient (Wildman–Crippen LogP) is 3.14. The first kappa shape index (κ1) is 14.5. The van der Waals surface area contributed by atoms with Crippen LogP contribution in [-0.4, -0.2) is 11.7 Å².